The number of rotatable bonds is 6. The molecule has 2 aromatic rings. The van der Waals surface area contributed by atoms with E-state index in [0.717, 1.165) is 0 Å². The summed E-state index contributed by atoms with van der Waals surface area (Å²) < 4.78 is 10.5. The minimum Gasteiger partial charge on any atom is -0.507 e. The van der Waals surface area contributed by atoms with Gasteiger partial charge in [-0.1, -0.05) is 43.3 Å². The molecule has 0 saturated carbocycles. The molecule has 0 bridgehead atoms. The lowest BCUT2D eigenvalue weighted by Gasteiger charge is -2.20. The molecule has 2 aromatic carbocycles. The molecule has 1 atom stereocenters. The van der Waals surface area contributed by atoms with Crippen LogP contribution in [-0.2, 0) is 9.53 Å². The maximum atomic E-state index is 12.4. The highest BCUT2D eigenvalue weighted by molar-refractivity contribution is 6.52. The number of aliphatic hydroxyl groups is 1. The monoisotopic (exact) mass is 380 g/mol. The molecule has 0 fully saturated rings. The number of aliphatic hydroxyl groups excluding tert-OH is 1. The van der Waals surface area contributed by atoms with Gasteiger partial charge in [0.05, 0.1) is 13.7 Å². The van der Waals surface area contributed by atoms with Crippen LogP contribution in [-0.4, -0.2) is 36.4 Å². The normalized spacial score (nSPS) is 14.5. The number of fused-ring (bicyclic) bond motifs is 1. The summed E-state index contributed by atoms with van der Waals surface area (Å²) in [5.41, 5.74) is 0.894. The molecule has 6 heteroatoms. The number of carbonyl (C=O) groups is 3. The molecule has 144 valence electrons. The van der Waals surface area contributed by atoms with Crippen LogP contribution in [0.15, 0.2) is 54.1 Å². The van der Waals surface area contributed by atoms with E-state index >= 15 is 0 Å². The summed E-state index contributed by atoms with van der Waals surface area (Å²) in [4.78, 5) is 36.9. The Hall–Kier alpha value is -3.41. The number of para-hydroxylation sites is 1. The number of Topliss-reactive ketones (excluding diaryl/α,β-unsaturated/α-hetero) is 2. The molecule has 28 heavy (non-hydrogen) atoms. The van der Waals surface area contributed by atoms with E-state index in [1.807, 2.05) is 0 Å². The number of methoxy groups -OCH3 is 1. The van der Waals surface area contributed by atoms with E-state index in [0.29, 0.717) is 16.9 Å². The Labute approximate surface area is 162 Å². The minimum absolute atomic E-state index is 0.0246. The van der Waals surface area contributed by atoms with E-state index in [4.69, 9.17) is 9.47 Å². The summed E-state index contributed by atoms with van der Waals surface area (Å²) in [7, 11) is 1.47. The highest BCUT2D eigenvalue weighted by Crippen LogP contribution is 2.31. The van der Waals surface area contributed by atoms with Gasteiger partial charge in [-0.3, -0.25) is 9.59 Å². The van der Waals surface area contributed by atoms with Crippen molar-refractivity contribution in [3.8, 4) is 5.75 Å². The van der Waals surface area contributed by atoms with Crippen molar-refractivity contribution in [3.05, 3.63) is 70.8 Å². The van der Waals surface area contributed by atoms with Gasteiger partial charge in [0.25, 0.3) is 0 Å². The van der Waals surface area contributed by atoms with Gasteiger partial charge in [-0.05, 0) is 24.5 Å². The standard InChI is InChI=1S/C22H20O6/c1-13(12-28-22(26)16-9-5-6-10-18(16)27-2)11-17-19(23)14-7-3-4-8-15(14)20(24)21(17)25/h3-10,13,23H,11-12H2,1-2H3. The topological polar surface area (TPSA) is 89.9 Å². The molecule has 1 unspecified atom stereocenters. The first kappa shape index (κ1) is 19.4. The van der Waals surface area contributed by atoms with Gasteiger partial charge in [0.1, 0.15) is 17.1 Å². The number of ether oxygens (including phenoxy) is 2. The van der Waals surface area contributed by atoms with Gasteiger partial charge < -0.3 is 14.6 Å². The summed E-state index contributed by atoms with van der Waals surface area (Å²) in [6.45, 7) is 1.80. The lowest BCUT2D eigenvalue weighted by Crippen LogP contribution is -2.26. The smallest absolute Gasteiger partial charge is 0.341 e. The molecular weight excluding hydrogens is 360 g/mol. The Morgan fingerprint density at radius 1 is 1.00 bits per heavy atom. The SMILES string of the molecule is COc1ccccc1C(=O)OCC(C)CC1=C(O)c2ccccc2C(=O)C1=O. The zero-order valence-corrected chi connectivity index (χ0v) is 15.6. The van der Waals surface area contributed by atoms with E-state index in [9.17, 15) is 19.5 Å². The Morgan fingerprint density at radius 3 is 2.36 bits per heavy atom. The third-order valence-corrected chi connectivity index (χ3v) is 4.57. The molecule has 1 N–H and O–H groups in total. The van der Waals surface area contributed by atoms with Gasteiger partial charge >= 0.3 is 5.97 Å². The van der Waals surface area contributed by atoms with Crippen LogP contribution in [0.4, 0.5) is 0 Å². The summed E-state index contributed by atoms with van der Waals surface area (Å²) in [5.74, 6) is -1.97. The highest BCUT2D eigenvalue weighted by atomic mass is 16.5. The zero-order chi connectivity index (χ0) is 20.3. The highest BCUT2D eigenvalue weighted by Gasteiger charge is 2.33. The number of esters is 1. The second-order valence-electron chi connectivity index (χ2n) is 6.64. The number of carbonyl (C=O) groups excluding carboxylic acids is 3. The molecule has 1 aliphatic rings. The van der Waals surface area contributed by atoms with Crippen LogP contribution < -0.4 is 4.74 Å². The summed E-state index contributed by atoms with van der Waals surface area (Å²) in [6.07, 6.45) is 0.115. The second kappa shape index (κ2) is 8.08. The van der Waals surface area contributed by atoms with E-state index in [-0.39, 0.29) is 35.8 Å². The molecule has 0 aromatic heterocycles. The van der Waals surface area contributed by atoms with E-state index in [2.05, 4.69) is 0 Å². The van der Waals surface area contributed by atoms with Gasteiger partial charge in [-0.15, -0.1) is 0 Å². The lowest BCUT2D eigenvalue weighted by molar-refractivity contribution is -0.112. The zero-order valence-electron chi connectivity index (χ0n) is 15.6. The average molecular weight is 380 g/mol. The number of benzene rings is 2. The maximum absolute atomic E-state index is 12.4. The van der Waals surface area contributed by atoms with E-state index < -0.39 is 17.5 Å². The third kappa shape index (κ3) is 3.67. The van der Waals surface area contributed by atoms with Gasteiger partial charge in [-0.2, -0.15) is 0 Å². The van der Waals surface area contributed by atoms with E-state index in [1.54, 1.807) is 49.4 Å². The van der Waals surface area contributed by atoms with E-state index in [1.165, 1.54) is 13.2 Å². The van der Waals surface area contributed by atoms with Crippen LogP contribution >= 0.6 is 0 Å². The third-order valence-electron chi connectivity index (χ3n) is 4.57. The molecule has 0 aliphatic heterocycles. The Balaban J connectivity index is 1.71. The average Bonchev–Trinajstić information content (AvgIpc) is 2.73. The largest absolute Gasteiger partial charge is 0.507 e. The molecular formula is C22H20O6. The molecule has 6 nitrogen and oxygen atoms in total. The minimum atomic E-state index is -0.723. The van der Waals surface area contributed by atoms with Crippen molar-refractivity contribution in [2.75, 3.05) is 13.7 Å². The number of allylic oxidation sites excluding steroid dienone is 1. The molecule has 0 radical (unpaired) electrons. The van der Waals surface area contributed by atoms with Crippen LogP contribution in [0.25, 0.3) is 5.76 Å². The first-order valence-electron chi connectivity index (χ1n) is 8.84. The summed E-state index contributed by atoms with van der Waals surface area (Å²) in [5, 5.41) is 10.5. The van der Waals surface area contributed by atoms with Gasteiger partial charge in [0.2, 0.25) is 11.6 Å². The molecule has 0 amide bonds. The van der Waals surface area contributed by atoms with Crippen molar-refractivity contribution < 1.29 is 29.0 Å². The summed E-state index contributed by atoms with van der Waals surface area (Å²) in [6, 6.07) is 13.2. The van der Waals surface area contributed by atoms with Crippen LogP contribution in [0.1, 0.15) is 39.6 Å². The number of ketones is 2. The number of hydrogen-bond acceptors (Lipinski definition) is 6. The second-order valence-corrected chi connectivity index (χ2v) is 6.64. The quantitative estimate of drug-likeness (QED) is 0.608. The van der Waals surface area contributed by atoms with Crippen LogP contribution in [0, 0.1) is 5.92 Å². The first-order chi connectivity index (χ1) is 13.4. The van der Waals surface area contributed by atoms with Gasteiger partial charge in [-0.25, -0.2) is 4.79 Å². The van der Waals surface area contributed by atoms with Crippen LogP contribution in [0.2, 0.25) is 0 Å². The number of hydrogen-bond donors (Lipinski definition) is 1. The fraction of sp³-hybridized carbons (Fsp3) is 0.227. The van der Waals surface area contributed by atoms with Gasteiger partial charge in [0.15, 0.2) is 0 Å². The van der Waals surface area contributed by atoms with Crippen molar-refractivity contribution in [2.24, 2.45) is 5.92 Å². The molecule has 0 saturated heterocycles. The predicted molar refractivity (Wildman–Crippen MR) is 102 cm³/mol. The Morgan fingerprint density at radius 2 is 1.64 bits per heavy atom. The maximum Gasteiger partial charge on any atom is 0.341 e. The predicted octanol–water partition coefficient (Wildman–Crippen LogP) is 3.61. The van der Waals surface area contributed by atoms with Crippen molar-refractivity contribution in [3.63, 3.8) is 0 Å². The Kier molecular flexibility index (Phi) is 5.59. The van der Waals surface area contributed by atoms with Gasteiger partial charge in [0, 0.05) is 16.7 Å². The molecule has 0 heterocycles. The Bertz CT molecular complexity index is 972. The van der Waals surface area contributed by atoms with Crippen LogP contribution in [0.3, 0.4) is 0 Å². The van der Waals surface area contributed by atoms with Crippen molar-refractivity contribution in [1.82, 2.24) is 0 Å². The lowest BCUT2D eigenvalue weighted by atomic mass is 9.85. The van der Waals surface area contributed by atoms with Crippen molar-refractivity contribution in [1.29, 1.82) is 0 Å². The summed E-state index contributed by atoms with van der Waals surface area (Å²) >= 11 is 0. The molecule has 0 spiro atoms. The fourth-order valence-electron chi connectivity index (χ4n) is 3.12. The molecule has 1 aliphatic carbocycles. The molecule has 3 rings (SSSR count). The first-order valence-corrected chi connectivity index (χ1v) is 8.84. The van der Waals surface area contributed by atoms with Crippen molar-refractivity contribution in [2.45, 2.75) is 13.3 Å². The fourth-order valence-corrected chi connectivity index (χ4v) is 3.12. The van der Waals surface area contributed by atoms with Crippen LogP contribution in [0.5, 0.6) is 5.75 Å². The van der Waals surface area contributed by atoms with Crippen molar-refractivity contribution >= 4 is 23.3 Å².